The second-order valence-corrected chi connectivity index (χ2v) is 13.7. The van der Waals surface area contributed by atoms with E-state index in [9.17, 15) is 35.1 Å². The maximum atomic E-state index is 12.3. The number of nitrogens with zero attached hydrogens (tertiary/aromatic N) is 10. The Hall–Kier alpha value is -5.56. The molecule has 0 bridgehead atoms. The van der Waals surface area contributed by atoms with Gasteiger partial charge >= 0.3 is 41.1 Å². The molecule has 0 radical (unpaired) electrons. The van der Waals surface area contributed by atoms with Gasteiger partial charge < -0.3 is 49.2 Å². The maximum absolute atomic E-state index is 12.3. The summed E-state index contributed by atoms with van der Waals surface area (Å²) in [4.78, 5) is 48.2. The van der Waals surface area contributed by atoms with E-state index in [0.717, 1.165) is 11.1 Å². The molecule has 4 aromatic heterocycles. The molecular weight excluding hydrogens is 827 g/mol. The first-order chi connectivity index (χ1) is 29.3. The fraction of sp³-hybridized carbons (Fsp3) is 0.405. The van der Waals surface area contributed by atoms with Gasteiger partial charge in [-0.15, -0.1) is 16.0 Å². The van der Waals surface area contributed by atoms with Crippen molar-refractivity contribution in [2.24, 2.45) is 10.2 Å². The number of methoxy groups -OCH3 is 3. The molecule has 0 aliphatic carbocycles. The predicted molar refractivity (Wildman–Crippen MR) is 209 cm³/mol. The van der Waals surface area contributed by atoms with E-state index in [1.807, 2.05) is 26.0 Å². The Morgan fingerprint density at radius 3 is 2.00 bits per heavy atom. The number of aliphatic hydroxyl groups excluding tert-OH is 3. The van der Waals surface area contributed by atoms with Crippen molar-refractivity contribution < 1.29 is 78.8 Å². The molecule has 2 aromatic carbocycles. The van der Waals surface area contributed by atoms with E-state index < -0.39 is 54.6 Å². The Kier molecular flexibility index (Phi) is 16.1. The van der Waals surface area contributed by atoms with Crippen molar-refractivity contribution in [3.05, 3.63) is 91.9 Å². The number of fused-ring (bicyclic) bond motifs is 2. The van der Waals surface area contributed by atoms with E-state index in [4.69, 9.17) is 29.1 Å². The van der Waals surface area contributed by atoms with E-state index in [2.05, 4.69) is 45.1 Å². The molecule has 6 N–H and O–H groups in total. The average Bonchev–Trinajstić information content (AvgIpc) is 4.02. The second kappa shape index (κ2) is 21.0. The van der Waals surface area contributed by atoms with Crippen LogP contribution in [-0.2, 0) is 23.7 Å². The standard InChI is InChI=1S/C17H18N6O6.C13H16N6O5.C7H8O.Na/c1-7-2-3-8(9(25)4-7)21-22-17-19-14-11(15(28)20-17)18-6-23(14)16-13(27)12(26)10(5-24)29-16;1-21-4-6-8(22-2)9(23-3)12(24-6)19-5-15-7-10(19)16-13(18-14)17-11(7)20;1-6-2-4-7(8)5-3-6;/h2-4,6,10,12-13,16,24-27H,5H2,1H3,(H,19,20,28);5-6,8-9,12H,4H2,1-3H3;2-5,8H,1H3;/q;;;+1/t10-,12-,13-,16-;6-,8-,9-,12-;;/m11../s1. The number of diazo groups is 1. The zero-order valence-electron chi connectivity index (χ0n) is 34.3. The van der Waals surface area contributed by atoms with Gasteiger partial charge in [0.1, 0.15) is 54.4 Å². The van der Waals surface area contributed by atoms with Crippen LogP contribution in [0, 0.1) is 19.2 Å². The van der Waals surface area contributed by atoms with E-state index in [0.29, 0.717) is 6.61 Å². The first-order valence-corrected chi connectivity index (χ1v) is 18.4. The van der Waals surface area contributed by atoms with Crippen molar-refractivity contribution in [1.29, 1.82) is 5.39 Å². The number of phenolic OH excluding ortho intramolecular Hbond substituents is 1. The number of benzene rings is 2. The van der Waals surface area contributed by atoms with Crippen LogP contribution in [0.2, 0.25) is 0 Å². The number of imidazole rings is 2. The number of hydrogen-bond acceptors (Lipinski definition) is 19. The third kappa shape index (κ3) is 10.2. The number of ether oxygens (including phenoxy) is 5. The molecule has 24 nitrogen and oxygen atoms in total. The molecule has 0 amide bonds. The molecule has 6 aromatic rings. The Morgan fingerprint density at radius 1 is 0.839 bits per heavy atom. The van der Waals surface area contributed by atoms with Crippen molar-refractivity contribution in [2.75, 3.05) is 34.5 Å². The van der Waals surface area contributed by atoms with E-state index in [1.165, 1.54) is 30.4 Å². The fourth-order valence-corrected chi connectivity index (χ4v) is 6.53. The molecular formula is C37H42N12NaO12+. The summed E-state index contributed by atoms with van der Waals surface area (Å²) in [5, 5.41) is 66.4. The number of aryl methyl sites for hydroxylation is 2. The zero-order valence-corrected chi connectivity index (χ0v) is 36.3. The molecule has 2 aliphatic rings. The monoisotopic (exact) mass is 869 g/mol. The van der Waals surface area contributed by atoms with Crippen LogP contribution < -0.4 is 45.8 Å². The van der Waals surface area contributed by atoms with Crippen LogP contribution in [0.25, 0.3) is 27.3 Å². The summed E-state index contributed by atoms with van der Waals surface area (Å²) in [5.41, 5.74) is 1.39. The first-order valence-electron chi connectivity index (χ1n) is 18.4. The van der Waals surface area contributed by atoms with Gasteiger partial charge in [-0.05, 0) is 41.5 Å². The molecule has 322 valence electrons. The summed E-state index contributed by atoms with van der Waals surface area (Å²) >= 11 is 0. The van der Waals surface area contributed by atoms with Gasteiger partial charge in [0.25, 0.3) is 17.2 Å². The predicted octanol–water partition coefficient (Wildman–Crippen LogP) is -1.59. The number of aromatic amines is 2. The zero-order chi connectivity index (χ0) is 44.0. The van der Waals surface area contributed by atoms with Crippen LogP contribution >= 0.6 is 0 Å². The second-order valence-electron chi connectivity index (χ2n) is 13.7. The number of azo groups is 1. The molecule has 0 spiro atoms. The summed E-state index contributed by atoms with van der Waals surface area (Å²) < 4.78 is 30.4. The van der Waals surface area contributed by atoms with E-state index in [-0.39, 0.29) is 93.2 Å². The van der Waals surface area contributed by atoms with Crippen LogP contribution in [-0.4, -0.2) is 131 Å². The van der Waals surface area contributed by atoms with Gasteiger partial charge in [-0.1, -0.05) is 35.9 Å². The molecule has 2 saturated heterocycles. The normalized spacial score (nSPS) is 23.1. The average molecular weight is 870 g/mol. The number of H-pyrrole nitrogens is 2. The number of nitrogens with one attached hydrogen (secondary N) is 2. The number of rotatable bonds is 9. The molecule has 2 aliphatic heterocycles. The van der Waals surface area contributed by atoms with Crippen LogP contribution in [0.5, 0.6) is 11.5 Å². The van der Waals surface area contributed by atoms with E-state index >= 15 is 0 Å². The van der Waals surface area contributed by atoms with Gasteiger partial charge in [-0.2, -0.15) is 9.97 Å². The third-order valence-electron chi connectivity index (χ3n) is 9.56. The summed E-state index contributed by atoms with van der Waals surface area (Å²) in [6, 6.07) is 11.6. The quantitative estimate of drug-likeness (QED) is 0.0542. The largest absolute Gasteiger partial charge is 1.00 e. The number of aromatic nitrogens is 8. The van der Waals surface area contributed by atoms with Crippen molar-refractivity contribution in [3.8, 4) is 11.5 Å². The maximum Gasteiger partial charge on any atom is 1.00 e. The van der Waals surface area contributed by atoms with Gasteiger partial charge in [0.2, 0.25) is 5.52 Å². The Bertz CT molecular complexity index is 2630. The Morgan fingerprint density at radius 2 is 1.44 bits per heavy atom. The minimum absolute atomic E-state index is 0. The van der Waals surface area contributed by atoms with E-state index in [1.54, 1.807) is 43.1 Å². The molecule has 0 unspecified atom stereocenters. The smallest absolute Gasteiger partial charge is 0.872 e. The van der Waals surface area contributed by atoms with Crippen molar-refractivity contribution in [2.45, 2.75) is 62.9 Å². The summed E-state index contributed by atoms with van der Waals surface area (Å²) in [6.07, 6.45) is -3.95. The molecule has 8 rings (SSSR count). The minimum atomic E-state index is -1.36. The fourth-order valence-electron chi connectivity index (χ4n) is 6.53. The molecule has 25 heteroatoms. The number of phenols is 1. The number of hydrogen-bond donors (Lipinski definition) is 6. The van der Waals surface area contributed by atoms with Gasteiger partial charge in [0.15, 0.2) is 23.6 Å². The Labute approximate surface area is 372 Å². The molecule has 8 atom stereocenters. The number of aliphatic hydroxyl groups is 3. The Balaban J connectivity index is 0.000000198. The van der Waals surface area contributed by atoms with Crippen LogP contribution in [0.3, 0.4) is 0 Å². The van der Waals surface area contributed by atoms with Gasteiger partial charge in [-0.3, -0.25) is 18.9 Å². The van der Waals surface area contributed by atoms with Gasteiger partial charge in [0, 0.05) is 21.3 Å². The summed E-state index contributed by atoms with van der Waals surface area (Å²) in [5.74, 6) is -0.377. The van der Waals surface area contributed by atoms with Gasteiger partial charge in [-0.25, -0.2) is 14.8 Å². The molecule has 2 fully saturated rings. The van der Waals surface area contributed by atoms with Crippen molar-refractivity contribution in [1.82, 2.24) is 39.0 Å². The molecule has 0 saturated carbocycles. The van der Waals surface area contributed by atoms with Crippen molar-refractivity contribution >= 4 is 39.9 Å². The SMILES string of the molecule is COC[C@H]1O[C@@H](n2cnc3c(=O)[nH]c([N+]#N)nc32)[C@H](OC)[C@@H]1OC.Cc1ccc(N=Nc2nc3c(ncn3[C@@H]3O[C@H](CO)[C@@H](O)[C@H]3O)c(=O)[nH]2)c(O)c1.Cc1ccc([O-])cc1.[Na+]. The van der Waals surface area contributed by atoms with Crippen LogP contribution in [0.1, 0.15) is 23.6 Å². The van der Waals surface area contributed by atoms with Gasteiger partial charge in [0.05, 0.1) is 24.9 Å². The topological polar surface area (TPSA) is 330 Å². The first kappa shape index (κ1) is 47.5. The summed E-state index contributed by atoms with van der Waals surface area (Å²) in [6.45, 7) is 3.59. The van der Waals surface area contributed by atoms with Crippen molar-refractivity contribution in [3.63, 3.8) is 0 Å². The van der Waals surface area contributed by atoms with Crippen LogP contribution in [0.4, 0.5) is 17.6 Å². The summed E-state index contributed by atoms with van der Waals surface area (Å²) in [7, 11) is 4.66. The third-order valence-corrected chi connectivity index (χ3v) is 9.56. The number of aromatic hydroxyl groups is 1. The minimum Gasteiger partial charge on any atom is -0.872 e. The molecule has 62 heavy (non-hydrogen) atoms. The molecule has 6 heterocycles. The van der Waals surface area contributed by atoms with Crippen LogP contribution in [0.15, 0.2) is 74.9 Å².